The summed E-state index contributed by atoms with van der Waals surface area (Å²) < 4.78 is 1.05. The van der Waals surface area contributed by atoms with Gasteiger partial charge in [-0.05, 0) is 83.1 Å². The van der Waals surface area contributed by atoms with E-state index in [2.05, 4.69) is 22.5 Å². The predicted octanol–water partition coefficient (Wildman–Crippen LogP) is 4.26. The summed E-state index contributed by atoms with van der Waals surface area (Å²) in [6, 6.07) is 2.25. The van der Waals surface area contributed by atoms with Gasteiger partial charge in [0.15, 0.2) is 5.72 Å². The number of hydrogen-bond acceptors (Lipinski definition) is 9. The molecular formula is C25H32N6O2S. The number of aromatic nitrogens is 4. The van der Waals surface area contributed by atoms with Crippen molar-refractivity contribution < 1.29 is 10.2 Å². The van der Waals surface area contributed by atoms with Crippen molar-refractivity contribution in [3.05, 3.63) is 23.7 Å². The molecule has 3 aromatic rings. The van der Waals surface area contributed by atoms with Gasteiger partial charge >= 0.3 is 0 Å². The number of aryl methyl sites for hydroxylation is 2. The molecule has 4 unspecified atom stereocenters. The minimum atomic E-state index is -1.42. The van der Waals surface area contributed by atoms with Gasteiger partial charge in [0.2, 0.25) is 5.95 Å². The van der Waals surface area contributed by atoms with Crippen LogP contribution in [-0.2, 0) is 0 Å². The van der Waals surface area contributed by atoms with Crippen LogP contribution in [0.5, 0.6) is 0 Å². The van der Waals surface area contributed by atoms with Gasteiger partial charge in [-0.25, -0.2) is 9.97 Å². The average Bonchev–Trinajstić information content (AvgIpc) is 3.71. The highest BCUT2D eigenvalue weighted by atomic mass is 32.1. The van der Waals surface area contributed by atoms with Gasteiger partial charge in [0, 0.05) is 12.2 Å². The van der Waals surface area contributed by atoms with Gasteiger partial charge in [-0.2, -0.15) is 4.98 Å². The molecule has 34 heavy (non-hydrogen) atoms. The lowest BCUT2D eigenvalue weighted by Gasteiger charge is -2.31. The molecule has 4 atom stereocenters. The molecule has 0 saturated heterocycles. The first-order valence-electron chi connectivity index (χ1n) is 12.4. The summed E-state index contributed by atoms with van der Waals surface area (Å²) in [4.78, 5) is 18.8. The fourth-order valence-corrected chi connectivity index (χ4v) is 6.51. The van der Waals surface area contributed by atoms with Gasteiger partial charge in [-0.15, -0.1) is 11.3 Å². The molecule has 0 bridgehead atoms. The lowest BCUT2D eigenvalue weighted by Crippen LogP contribution is -2.48. The Morgan fingerprint density at radius 1 is 1.09 bits per heavy atom. The van der Waals surface area contributed by atoms with Crippen LogP contribution >= 0.6 is 11.3 Å². The minimum absolute atomic E-state index is 0.132. The number of fused-ring (bicyclic) bond motifs is 1. The van der Waals surface area contributed by atoms with E-state index < -0.39 is 11.8 Å². The molecule has 3 heterocycles. The van der Waals surface area contributed by atoms with E-state index in [1.807, 2.05) is 19.9 Å². The molecule has 8 nitrogen and oxygen atoms in total. The van der Waals surface area contributed by atoms with E-state index in [0.29, 0.717) is 30.0 Å². The molecule has 0 amide bonds. The second kappa shape index (κ2) is 8.10. The maximum atomic E-state index is 11.5. The first kappa shape index (κ1) is 22.1. The summed E-state index contributed by atoms with van der Waals surface area (Å²) in [5.74, 6) is 2.36. The fraction of sp³-hybridized carbons (Fsp3) is 0.600. The second-order valence-electron chi connectivity index (χ2n) is 10.4. The fourth-order valence-electron chi connectivity index (χ4n) is 5.40. The van der Waals surface area contributed by atoms with Crippen molar-refractivity contribution in [1.82, 2.24) is 19.9 Å². The lowest BCUT2D eigenvalue weighted by molar-refractivity contribution is -0.0504. The van der Waals surface area contributed by atoms with Crippen LogP contribution in [0.15, 0.2) is 12.3 Å². The van der Waals surface area contributed by atoms with Gasteiger partial charge in [0.25, 0.3) is 0 Å². The van der Waals surface area contributed by atoms with Crippen LogP contribution in [0, 0.1) is 31.6 Å². The number of aliphatic hydroxyl groups is 2. The van der Waals surface area contributed by atoms with Crippen molar-refractivity contribution in [2.45, 2.75) is 77.2 Å². The minimum Gasteiger partial charge on any atom is -0.388 e. The van der Waals surface area contributed by atoms with E-state index >= 15 is 0 Å². The monoisotopic (exact) mass is 480 g/mol. The number of anilines is 2. The molecule has 0 radical (unpaired) electrons. The Hall–Kier alpha value is -2.36. The lowest BCUT2D eigenvalue weighted by atomic mass is 9.98. The van der Waals surface area contributed by atoms with Gasteiger partial charge in [0.1, 0.15) is 22.4 Å². The summed E-state index contributed by atoms with van der Waals surface area (Å²) in [6.45, 7) is 6.07. The van der Waals surface area contributed by atoms with Crippen LogP contribution in [0.1, 0.15) is 56.8 Å². The molecular weight excluding hydrogens is 448 g/mol. The Labute approximate surface area is 203 Å². The van der Waals surface area contributed by atoms with Gasteiger partial charge in [-0.3, -0.25) is 4.98 Å². The Kier molecular flexibility index (Phi) is 5.27. The van der Waals surface area contributed by atoms with Crippen molar-refractivity contribution in [3.8, 4) is 10.6 Å². The normalized spacial score (nSPS) is 27.8. The van der Waals surface area contributed by atoms with E-state index in [4.69, 9.17) is 15.0 Å². The predicted molar refractivity (Wildman–Crippen MR) is 134 cm³/mol. The van der Waals surface area contributed by atoms with Crippen LogP contribution in [0.25, 0.3) is 20.8 Å². The standard InChI is InChI=1S/C25H32N6O2S/c1-12(15-4-5-15)27-24-28-13(2)19(23-29-20-14(3)26-11-9-18(20)34-23)22(30-24)31-25(33)10-8-17(21(25)32)16-6-7-16/h9,11-12,15-17,21,32-33H,4-8,10H2,1-3H3,(H2,27,28,30,31). The summed E-state index contributed by atoms with van der Waals surface area (Å²) >= 11 is 1.56. The number of thiazole rings is 1. The molecule has 0 aromatic carbocycles. The van der Waals surface area contributed by atoms with Crippen LogP contribution in [-0.4, -0.2) is 48.0 Å². The zero-order valence-electron chi connectivity index (χ0n) is 19.9. The molecule has 3 aromatic heterocycles. The third-order valence-electron chi connectivity index (χ3n) is 7.80. The highest BCUT2D eigenvalue weighted by Crippen LogP contribution is 2.49. The van der Waals surface area contributed by atoms with Crippen molar-refractivity contribution in [2.24, 2.45) is 17.8 Å². The Morgan fingerprint density at radius 3 is 2.59 bits per heavy atom. The molecule has 6 rings (SSSR count). The summed E-state index contributed by atoms with van der Waals surface area (Å²) in [7, 11) is 0. The third-order valence-corrected chi connectivity index (χ3v) is 8.83. The van der Waals surface area contributed by atoms with Crippen molar-refractivity contribution in [2.75, 3.05) is 10.6 Å². The molecule has 0 aliphatic heterocycles. The zero-order chi connectivity index (χ0) is 23.6. The van der Waals surface area contributed by atoms with Crippen molar-refractivity contribution >= 4 is 33.3 Å². The van der Waals surface area contributed by atoms with E-state index in [9.17, 15) is 10.2 Å². The Balaban J connectivity index is 1.41. The van der Waals surface area contributed by atoms with E-state index in [-0.39, 0.29) is 12.0 Å². The van der Waals surface area contributed by atoms with Crippen LogP contribution < -0.4 is 10.6 Å². The number of aliphatic hydroxyl groups excluding tert-OH is 1. The van der Waals surface area contributed by atoms with Crippen LogP contribution in [0.2, 0.25) is 0 Å². The van der Waals surface area contributed by atoms with E-state index in [0.717, 1.165) is 51.4 Å². The maximum absolute atomic E-state index is 11.5. The SMILES string of the molecule is Cc1nc(NC(C)C2CC2)nc(NC2(O)CCC(C3CC3)C2O)c1-c1nc2c(C)nccc2s1. The summed E-state index contributed by atoms with van der Waals surface area (Å²) in [6.07, 6.45) is 7.00. The quantitative estimate of drug-likeness (QED) is 0.371. The molecule has 3 saturated carbocycles. The molecule has 3 fully saturated rings. The molecule has 9 heteroatoms. The van der Waals surface area contributed by atoms with Crippen LogP contribution in [0.3, 0.4) is 0 Å². The highest BCUT2D eigenvalue weighted by molar-refractivity contribution is 7.21. The zero-order valence-corrected chi connectivity index (χ0v) is 20.7. The van der Waals surface area contributed by atoms with Crippen molar-refractivity contribution in [1.29, 1.82) is 0 Å². The van der Waals surface area contributed by atoms with Gasteiger partial charge in [0.05, 0.1) is 21.7 Å². The van der Waals surface area contributed by atoms with E-state index in [1.54, 1.807) is 17.5 Å². The maximum Gasteiger partial charge on any atom is 0.225 e. The number of pyridine rings is 1. The summed E-state index contributed by atoms with van der Waals surface area (Å²) in [5.41, 5.74) is 1.87. The van der Waals surface area contributed by atoms with Crippen molar-refractivity contribution in [3.63, 3.8) is 0 Å². The molecule has 3 aliphatic carbocycles. The molecule has 4 N–H and O–H groups in total. The highest BCUT2D eigenvalue weighted by Gasteiger charge is 2.52. The number of nitrogens with one attached hydrogen (secondary N) is 2. The largest absolute Gasteiger partial charge is 0.388 e. The van der Waals surface area contributed by atoms with Crippen LogP contribution in [0.4, 0.5) is 11.8 Å². The molecule has 0 spiro atoms. The van der Waals surface area contributed by atoms with E-state index in [1.165, 1.54) is 12.8 Å². The average molecular weight is 481 g/mol. The number of nitrogens with zero attached hydrogens (tertiary/aromatic N) is 4. The molecule has 180 valence electrons. The molecule has 3 aliphatic rings. The Bertz CT molecular complexity index is 1240. The number of hydrogen-bond donors (Lipinski definition) is 4. The first-order valence-corrected chi connectivity index (χ1v) is 13.2. The summed E-state index contributed by atoms with van der Waals surface area (Å²) in [5, 5.41) is 30.1. The van der Waals surface area contributed by atoms with Gasteiger partial charge in [-0.1, -0.05) is 0 Å². The third kappa shape index (κ3) is 3.93. The van der Waals surface area contributed by atoms with Gasteiger partial charge < -0.3 is 20.8 Å². The Morgan fingerprint density at radius 2 is 1.88 bits per heavy atom. The smallest absolute Gasteiger partial charge is 0.225 e. The second-order valence-corrected chi connectivity index (χ2v) is 11.5. The number of rotatable bonds is 7. The first-order chi connectivity index (χ1) is 16.3. The topological polar surface area (TPSA) is 116 Å².